The van der Waals surface area contributed by atoms with Crippen molar-refractivity contribution in [3.63, 3.8) is 0 Å². The third kappa shape index (κ3) is 5.89. The zero-order chi connectivity index (χ0) is 16.7. The molecule has 0 atom stereocenters. The summed E-state index contributed by atoms with van der Waals surface area (Å²) in [6, 6.07) is 7.43. The van der Waals surface area contributed by atoms with Crippen molar-refractivity contribution in [3.8, 4) is 0 Å². The van der Waals surface area contributed by atoms with Crippen molar-refractivity contribution in [1.82, 2.24) is 4.90 Å². The number of amides is 2. The van der Waals surface area contributed by atoms with Gasteiger partial charge in [-0.1, -0.05) is 31.4 Å². The monoisotopic (exact) mass is 314 g/mol. The van der Waals surface area contributed by atoms with Gasteiger partial charge in [-0.2, -0.15) is 0 Å². The Morgan fingerprint density at radius 1 is 1.17 bits per heavy atom. The van der Waals surface area contributed by atoms with Gasteiger partial charge in [0.25, 0.3) is 0 Å². The van der Waals surface area contributed by atoms with Crippen LogP contribution in [0.15, 0.2) is 30.3 Å². The van der Waals surface area contributed by atoms with Gasteiger partial charge in [-0.05, 0) is 42.5 Å². The van der Waals surface area contributed by atoms with Crippen molar-refractivity contribution in [1.29, 1.82) is 0 Å². The molecule has 0 heterocycles. The summed E-state index contributed by atoms with van der Waals surface area (Å²) in [4.78, 5) is 25.0. The number of hydrogen-bond acceptors (Lipinski definition) is 2. The third-order valence-electron chi connectivity index (χ3n) is 4.28. The summed E-state index contributed by atoms with van der Waals surface area (Å²) in [5.74, 6) is 0.609. The summed E-state index contributed by atoms with van der Waals surface area (Å²) >= 11 is 0. The van der Waals surface area contributed by atoms with Crippen LogP contribution in [0.4, 0.5) is 5.69 Å². The van der Waals surface area contributed by atoms with E-state index in [9.17, 15) is 9.59 Å². The molecule has 1 aromatic carbocycles. The van der Waals surface area contributed by atoms with Crippen molar-refractivity contribution in [2.75, 3.05) is 18.9 Å². The van der Waals surface area contributed by atoms with E-state index in [1.165, 1.54) is 39.0 Å². The van der Waals surface area contributed by atoms with E-state index in [4.69, 9.17) is 0 Å². The zero-order valence-corrected chi connectivity index (χ0v) is 14.0. The number of likely N-dealkylation sites (N-methyl/N-ethyl adjacent to an activating group) is 1. The van der Waals surface area contributed by atoms with Gasteiger partial charge in [-0.25, -0.2) is 0 Å². The van der Waals surface area contributed by atoms with Crippen molar-refractivity contribution >= 4 is 23.6 Å². The molecule has 2 amide bonds. The Labute approximate surface area is 138 Å². The molecule has 2 rings (SSSR count). The normalized spacial score (nSPS) is 15.6. The van der Waals surface area contributed by atoms with Crippen LogP contribution in [0.1, 0.15) is 44.6 Å². The van der Waals surface area contributed by atoms with Crippen molar-refractivity contribution in [2.24, 2.45) is 5.92 Å². The molecule has 0 saturated heterocycles. The number of nitrogens with one attached hydrogen (secondary N) is 1. The first-order chi connectivity index (χ1) is 11.0. The van der Waals surface area contributed by atoms with Gasteiger partial charge >= 0.3 is 0 Å². The number of benzene rings is 1. The molecule has 1 aliphatic rings. The van der Waals surface area contributed by atoms with Gasteiger partial charge in [0.05, 0.1) is 0 Å². The minimum Gasteiger partial charge on any atom is -0.342 e. The Morgan fingerprint density at radius 3 is 2.43 bits per heavy atom. The largest absolute Gasteiger partial charge is 0.342 e. The van der Waals surface area contributed by atoms with E-state index in [0.29, 0.717) is 5.92 Å². The fourth-order valence-electron chi connectivity index (χ4n) is 3.02. The first kappa shape index (κ1) is 17.3. The van der Waals surface area contributed by atoms with E-state index in [1.54, 1.807) is 6.08 Å². The molecule has 1 aromatic rings. The van der Waals surface area contributed by atoms with Gasteiger partial charge in [0.2, 0.25) is 11.8 Å². The molecule has 4 nitrogen and oxygen atoms in total. The number of anilines is 1. The maximum atomic E-state index is 12.2. The molecule has 124 valence electrons. The SMILES string of the molecule is CC(=O)Nc1ccc(C=CC(=O)N(C)CC2CCCCC2)cc1. The Bertz CT molecular complexity index is 557. The Kier molecular flexibility index (Phi) is 6.39. The Hall–Kier alpha value is -2.10. The molecular weight excluding hydrogens is 288 g/mol. The quantitative estimate of drug-likeness (QED) is 0.843. The second-order valence-electron chi connectivity index (χ2n) is 6.36. The molecule has 1 N–H and O–H groups in total. The van der Waals surface area contributed by atoms with Crippen LogP contribution in [0.5, 0.6) is 0 Å². The minimum absolute atomic E-state index is 0.0431. The number of nitrogens with zero attached hydrogens (tertiary/aromatic N) is 1. The average molecular weight is 314 g/mol. The van der Waals surface area contributed by atoms with Crippen LogP contribution in [-0.4, -0.2) is 30.3 Å². The lowest BCUT2D eigenvalue weighted by Crippen LogP contribution is -2.31. The van der Waals surface area contributed by atoms with Gasteiger partial charge in [0.1, 0.15) is 0 Å². The highest BCUT2D eigenvalue weighted by molar-refractivity contribution is 5.92. The maximum absolute atomic E-state index is 12.2. The molecule has 0 aromatic heterocycles. The molecule has 0 bridgehead atoms. The maximum Gasteiger partial charge on any atom is 0.246 e. The highest BCUT2D eigenvalue weighted by Crippen LogP contribution is 2.24. The van der Waals surface area contributed by atoms with E-state index in [0.717, 1.165) is 17.8 Å². The molecular formula is C19H26N2O2. The van der Waals surface area contributed by atoms with Crippen LogP contribution >= 0.6 is 0 Å². The number of hydrogen-bond donors (Lipinski definition) is 1. The van der Waals surface area contributed by atoms with E-state index >= 15 is 0 Å². The van der Waals surface area contributed by atoms with Crippen molar-refractivity contribution in [3.05, 3.63) is 35.9 Å². The van der Waals surface area contributed by atoms with Gasteiger partial charge in [-0.15, -0.1) is 0 Å². The van der Waals surface area contributed by atoms with Crippen LogP contribution in [0, 0.1) is 5.92 Å². The summed E-state index contributed by atoms with van der Waals surface area (Å²) in [5, 5.41) is 2.72. The Balaban J connectivity index is 1.85. The van der Waals surface area contributed by atoms with Gasteiger partial charge in [-0.3, -0.25) is 9.59 Å². The summed E-state index contributed by atoms with van der Waals surface area (Å²) in [6.45, 7) is 2.33. The molecule has 1 saturated carbocycles. The predicted molar refractivity (Wildman–Crippen MR) is 94.0 cm³/mol. The van der Waals surface area contributed by atoms with Gasteiger partial charge in [0.15, 0.2) is 0 Å². The lowest BCUT2D eigenvalue weighted by atomic mass is 9.89. The highest BCUT2D eigenvalue weighted by Gasteiger charge is 2.16. The van der Waals surface area contributed by atoms with Crippen LogP contribution in [0.2, 0.25) is 0 Å². The van der Waals surface area contributed by atoms with Crippen molar-refractivity contribution in [2.45, 2.75) is 39.0 Å². The summed E-state index contributed by atoms with van der Waals surface area (Å²) in [5.41, 5.74) is 1.70. The molecule has 0 unspecified atom stereocenters. The predicted octanol–water partition coefficient (Wildman–Crippen LogP) is 3.70. The topological polar surface area (TPSA) is 49.4 Å². The first-order valence-electron chi connectivity index (χ1n) is 8.35. The molecule has 0 spiro atoms. The van der Waals surface area contributed by atoms with E-state index in [-0.39, 0.29) is 11.8 Å². The van der Waals surface area contributed by atoms with E-state index in [1.807, 2.05) is 42.3 Å². The second kappa shape index (κ2) is 8.51. The van der Waals surface area contributed by atoms with Crippen LogP contribution < -0.4 is 5.32 Å². The number of carbonyl (C=O) groups excluding carboxylic acids is 2. The second-order valence-corrected chi connectivity index (χ2v) is 6.36. The summed E-state index contributed by atoms with van der Waals surface area (Å²) < 4.78 is 0. The fraction of sp³-hybridized carbons (Fsp3) is 0.474. The lowest BCUT2D eigenvalue weighted by Gasteiger charge is -2.26. The van der Waals surface area contributed by atoms with Gasteiger partial charge < -0.3 is 10.2 Å². The van der Waals surface area contributed by atoms with Crippen LogP contribution in [-0.2, 0) is 9.59 Å². The fourth-order valence-corrected chi connectivity index (χ4v) is 3.02. The molecule has 1 aliphatic carbocycles. The molecule has 1 fully saturated rings. The summed E-state index contributed by atoms with van der Waals surface area (Å²) in [6.07, 6.45) is 9.85. The third-order valence-corrected chi connectivity index (χ3v) is 4.28. The summed E-state index contributed by atoms with van der Waals surface area (Å²) in [7, 11) is 1.88. The Morgan fingerprint density at radius 2 is 1.83 bits per heavy atom. The molecule has 0 aliphatic heterocycles. The first-order valence-corrected chi connectivity index (χ1v) is 8.35. The average Bonchev–Trinajstić information content (AvgIpc) is 2.54. The molecule has 23 heavy (non-hydrogen) atoms. The highest BCUT2D eigenvalue weighted by atomic mass is 16.2. The lowest BCUT2D eigenvalue weighted by molar-refractivity contribution is -0.125. The standard InChI is InChI=1S/C19H26N2O2/c1-15(22)20-18-11-8-16(9-12-18)10-13-19(23)21(2)14-17-6-4-3-5-7-17/h8-13,17H,3-7,14H2,1-2H3,(H,20,22). The zero-order valence-electron chi connectivity index (χ0n) is 14.0. The number of rotatable bonds is 5. The molecule has 0 radical (unpaired) electrons. The van der Waals surface area contributed by atoms with E-state index in [2.05, 4.69) is 5.32 Å². The smallest absolute Gasteiger partial charge is 0.246 e. The van der Waals surface area contributed by atoms with E-state index < -0.39 is 0 Å². The number of carbonyl (C=O) groups is 2. The molecule has 4 heteroatoms. The van der Waals surface area contributed by atoms with Crippen LogP contribution in [0.3, 0.4) is 0 Å². The van der Waals surface area contributed by atoms with Crippen LogP contribution in [0.25, 0.3) is 6.08 Å². The minimum atomic E-state index is -0.0900. The van der Waals surface area contributed by atoms with Gasteiger partial charge in [0, 0.05) is 32.3 Å². The van der Waals surface area contributed by atoms with Crippen molar-refractivity contribution < 1.29 is 9.59 Å².